The van der Waals surface area contributed by atoms with Gasteiger partial charge in [-0.1, -0.05) is 0 Å². The molecule has 12 N–H and O–H groups in total. The van der Waals surface area contributed by atoms with E-state index < -0.39 is 142 Å². The van der Waals surface area contributed by atoms with E-state index in [0.29, 0.717) is 0 Å². The van der Waals surface area contributed by atoms with Crippen LogP contribution in [0.3, 0.4) is 0 Å². The molecule has 0 aliphatic carbocycles. The Bertz CT molecular complexity index is 997. The molecule has 46 heavy (non-hydrogen) atoms. The van der Waals surface area contributed by atoms with E-state index in [4.69, 9.17) is 33.2 Å². The summed E-state index contributed by atoms with van der Waals surface area (Å²) < 4.78 is 39.8. The maximum Gasteiger partial charge on any atom is 0.217 e. The summed E-state index contributed by atoms with van der Waals surface area (Å²) in [6, 6.07) is -1.53. The van der Waals surface area contributed by atoms with Gasteiger partial charge in [0.05, 0.1) is 25.4 Å². The Hall–Kier alpha value is -1.25. The average Bonchev–Trinajstić information content (AvgIpc) is 3.01. The summed E-state index contributed by atoms with van der Waals surface area (Å²) in [6.45, 7) is 2.15. The molecule has 4 aliphatic rings. The molecule has 20 heteroatoms. The summed E-state index contributed by atoms with van der Waals surface area (Å²) in [5.41, 5.74) is 0. The van der Waals surface area contributed by atoms with Crippen LogP contribution >= 0.6 is 0 Å². The lowest BCUT2D eigenvalue weighted by molar-refractivity contribution is -0.390. The lowest BCUT2D eigenvalue weighted by atomic mass is 9.94. The smallest absolute Gasteiger partial charge is 0.217 e. The maximum atomic E-state index is 12.2. The standard InChI is InChI=1S/C26H45NO19/c1-6-12(31)15(34)18(37)24(40-6)44-20-10(5-29)42-23(39)11(27-8(3)30)21(20)45-26-22(17(36)14(33)9(4-28)43-26)46-25-19(38)16(35)13(32)7(2)41-25/h6-7,9-26,28-29,31-39H,4-5H2,1-3H3,(H,27,30)/t6-,7-,9+,10+,11+,12+,13+,14-,15+,16+,17-,18-,19-,20+,21+,22+,23+,24+,25-,26-/m0/s1. The number of ether oxygens (including phenoxy) is 7. The summed E-state index contributed by atoms with van der Waals surface area (Å²) in [4.78, 5) is 12.2. The van der Waals surface area contributed by atoms with E-state index >= 15 is 0 Å². The van der Waals surface area contributed by atoms with E-state index in [1.165, 1.54) is 13.8 Å². The monoisotopic (exact) mass is 675 g/mol. The number of carbonyl (C=O) groups is 1. The zero-order chi connectivity index (χ0) is 34.2. The van der Waals surface area contributed by atoms with Crippen LogP contribution in [0.5, 0.6) is 0 Å². The minimum absolute atomic E-state index is 0.704. The second-order valence-corrected chi connectivity index (χ2v) is 11.8. The van der Waals surface area contributed by atoms with Gasteiger partial charge in [0.25, 0.3) is 0 Å². The molecule has 20 atom stereocenters. The molecule has 0 aromatic rings. The Morgan fingerprint density at radius 3 is 1.52 bits per heavy atom. The molecular formula is C26H45NO19. The van der Waals surface area contributed by atoms with Crippen molar-refractivity contribution in [2.45, 2.75) is 144 Å². The van der Waals surface area contributed by atoms with E-state index in [1.54, 1.807) is 0 Å². The number of nitrogens with one attached hydrogen (secondary N) is 1. The number of carbonyl (C=O) groups excluding carboxylic acids is 1. The topological polar surface area (TPSA) is 316 Å². The van der Waals surface area contributed by atoms with Crippen molar-refractivity contribution in [1.29, 1.82) is 0 Å². The predicted octanol–water partition coefficient (Wildman–Crippen LogP) is -7.55. The highest BCUT2D eigenvalue weighted by molar-refractivity contribution is 5.73. The second kappa shape index (κ2) is 15.5. The third kappa shape index (κ3) is 7.64. The van der Waals surface area contributed by atoms with E-state index in [1.807, 2.05) is 0 Å². The van der Waals surface area contributed by atoms with Crippen LogP contribution in [0.1, 0.15) is 20.8 Å². The van der Waals surface area contributed by atoms with E-state index in [9.17, 15) is 61.0 Å². The first-order valence-electron chi connectivity index (χ1n) is 14.8. The van der Waals surface area contributed by atoms with Crippen LogP contribution in [-0.2, 0) is 38.0 Å². The van der Waals surface area contributed by atoms with Crippen LogP contribution < -0.4 is 5.32 Å². The van der Waals surface area contributed by atoms with Crippen LogP contribution in [0.25, 0.3) is 0 Å². The lowest BCUT2D eigenvalue weighted by Crippen LogP contribution is -2.70. The number of aliphatic hydroxyl groups is 11. The average molecular weight is 676 g/mol. The fourth-order valence-corrected chi connectivity index (χ4v) is 5.81. The van der Waals surface area contributed by atoms with Crippen LogP contribution in [-0.4, -0.2) is 198 Å². The minimum atomic E-state index is -1.93. The molecule has 0 aromatic heterocycles. The molecule has 0 bridgehead atoms. The quantitative estimate of drug-likeness (QED) is 0.108. The number of aliphatic hydroxyl groups excluding tert-OH is 11. The Balaban J connectivity index is 1.69. The largest absolute Gasteiger partial charge is 0.394 e. The molecular weight excluding hydrogens is 630 g/mol. The summed E-state index contributed by atoms with van der Waals surface area (Å²) >= 11 is 0. The molecule has 4 aliphatic heterocycles. The number of hydrogen-bond acceptors (Lipinski definition) is 19. The van der Waals surface area contributed by atoms with Crippen LogP contribution in [0.4, 0.5) is 0 Å². The molecule has 4 heterocycles. The Kier molecular flexibility index (Phi) is 12.7. The normalized spacial score (nSPS) is 51.9. The first-order valence-corrected chi connectivity index (χ1v) is 14.8. The van der Waals surface area contributed by atoms with Crippen molar-refractivity contribution in [3.63, 3.8) is 0 Å². The summed E-state index contributed by atoms with van der Waals surface area (Å²) in [7, 11) is 0. The molecule has 268 valence electrons. The van der Waals surface area contributed by atoms with Crippen molar-refractivity contribution in [2.75, 3.05) is 13.2 Å². The molecule has 0 unspecified atom stereocenters. The first-order chi connectivity index (χ1) is 21.6. The van der Waals surface area contributed by atoms with E-state index in [-0.39, 0.29) is 0 Å². The Morgan fingerprint density at radius 2 is 1.04 bits per heavy atom. The summed E-state index contributed by atoms with van der Waals surface area (Å²) in [5, 5.41) is 117. The predicted molar refractivity (Wildman–Crippen MR) is 143 cm³/mol. The maximum absolute atomic E-state index is 12.2. The third-order valence-electron chi connectivity index (χ3n) is 8.53. The third-order valence-corrected chi connectivity index (χ3v) is 8.53. The van der Waals surface area contributed by atoms with Crippen molar-refractivity contribution >= 4 is 5.91 Å². The minimum Gasteiger partial charge on any atom is -0.394 e. The van der Waals surface area contributed by atoms with Gasteiger partial charge in [-0.05, 0) is 13.8 Å². The molecule has 4 fully saturated rings. The zero-order valence-electron chi connectivity index (χ0n) is 25.1. The highest BCUT2D eigenvalue weighted by Gasteiger charge is 2.56. The highest BCUT2D eigenvalue weighted by atomic mass is 16.8. The van der Waals surface area contributed by atoms with Crippen molar-refractivity contribution in [3.05, 3.63) is 0 Å². The van der Waals surface area contributed by atoms with Gasteiger partial charge in [-0.2, -0.15) is 0 Å². The first kappa shape index (κ1) is 37.6. The van der Waals surface area contributed by atoms with Crippen LogP contribution in [0.2, 0.25) is 0 Å². The summed E-state index contributed by atoms with van der Waals surface area (Å²) in [5.74, 6) is -0.704. The molecule has 0 saturated carbocycles. The SMILES string of the molecule is CC(=O)N[C@@H]1[C@@H](O[C@@H]2O[C@H](CO)[C@H](O)[C@H](O)[C@H]2O[C@@H]2O[C@@H](C)[C@@H](O)[C@@H](O)[C@@H]2O)[C@H](O[C@H]2O[C@@H](C)[C@@H](O)[C@@H](O)[C@@H]2O)[C@@H](CO)O[C@H]1O. The lowest BCUT2D eigenvalue weighted by Gasteiger charge is -2.50. The van der Waals surface area contributed by atoms with Crippen molar-refractivity contribution in [2.24, 2.45) is 0 Å². The van der Waals surface area contributed by atoms with Crippen molar-refractivity contribution < 1.29 is 94.1 Å². The van der Waals surface area contributed by atoms with Gasteiger partial charge in [-0.3, -0.25) is 4.79 Å². The van der Waals surface area contributed by atoms with E-state index in [2.05, 4.69) is 5.32 Å². The fraction of sp³-hybridized carbons (Fsp3) is 0.962. The molecule has 0 aromatic carbocycles. The van der Waals surface area contributed by atoms with Gasteiger partial charge in [0.2, 0.25) is 5.91 Å². The number of amides is 1. The van der Waals surface area contributed by atoms with Gasteiger partial charge in [-0.15, -0.1) is 0 Å². The summed E-state index contributed by atoms with van der Waals surface area (Å²) in [6.07, 6.45) is -31.2. The van der Waals surface area contributed by atoms with E-state index in [0.717, 1.165) is 6.92 Å². The fourth-order valence-electron chi connectivity index (χ4n) is 5.81. The molecule has 4 rings (SSSR count). The molecule has 0 radical (unpaired) electrons. The van der Waals surface area contributed by atoms with Gasteiger partial charge >= 0.3 is 0 Å². The Labute approximate surface area is 262 Å². The highest BCUT2D eigenvalue weighted by Crippen LogP contribution is 2.35. The van der Waals surface area contributed by atoms with Crippen LogP contribution in [0, 0.1) is 0 Å². The van der Waals surface area contributed by atoms with Crippen LogP contribution in [0.15, 0.2) is 0 Å². The van der Waals surface area contributed by atoms with Gasteiger partial charge < -0.3 is 94.6 Å². The van der Waals surface area contributed by atoms with Gasteiger partial charge in [0, 0.05) is 6.92 Å². The second-order valence-electron chi connectivity index (χ2n) is 11.8. The molecule has 0 spiro atoms. The van der Waals surface area contributed by atoms with Crippen molar-refractivity contribution in [3.8, 4) is 0 Å². The Morgan fingerprint density at radius 1 is 0.565 bits per heavy atom. The van der Waals surface area contributed by atoms with Crippen molar-refractivity contribution in [1.82, 2.24) is 5.32 Å². The molecule has 4 saturated heterocycles. The zero-order valence-corrected chi connectivity index (χ0v) is 25.1. The number of rotatable bonds is 9. The van der Waals surface area contributed by atoms with Gasteiger partial charge in [0.1, 0.15) is 85.4 Å². The van der Waals surface area contributed by atoms with Gasteiger partial charge in [-0.25, -0.2) is 0 Å². The number of hydrogen-bond donors (Lipinski definition) is 12. The molecule has 20 nitrogen and oxygen atoms in total. The molecule has 1 amide bonds. The van der Waals surface area contributed by atoms with Gasteiger partial charge in [0.15, 0.2) is 25.2 Å².